The highest BCUT2D eigenvalue weighted by atomic mass is 32.2. The Morgan fingerprint density at radius 1 is 1.30 bits per heavy atom. The summed E-state index contributed by atoms with van der Waals surface area (Å²) in [4.78, 5) is 0. The van der Waals surface area contributed by atoms with E-state index >= 15 is 0 Å². The predicted octanol–water partition coefficient (Wildman–Crippen LogP) is 3.05. The number of thioether (sulfide) groups is 2. The lowest BCUT2D eigenvalue weighted by atomic mass is 9.96. The van der Waals surface area contributed by atoms with Gasteiger partial charge in [-0.3, -0.25) is 11.3 Å². The second kappa shape index (κ2) is 7.07. The largest absolute Gasteiger partial charge is 0.496 e. The molecule has 1 saturated heterocycles. The molecule has 0 aromatic heterocycles. The number of nitrogens with one attached hydrogen (secondary N) is 1. The third-order valence-electron chi connectivity index (χ3n) is 3.99. The molecular formula is C15H24N2OS2. The van der Waals surface area contributed by atoms with Crippen molar-refractivity contribution in [3.8, 4) is 5.75 Å². The number of aryl methyl sites for hydroxylation is 1. The third-order valence-corrected chi connectivity index (χ3v) is 7.19. The highest BCUT2D eigenvalue weighted by Crippen LogP contribution is 2.41. The third kappa shape index (κ3) is 3.11. The number of hydrogen-bond acceptors (Lipinski definition) is 5. The van der Waals surface area contributed by atoms with E-state index in [2.05, 4.69) is 38.3 Å². The maximum atomic E-state index is 5.88. The molecule has 2 rings (SSSR count). The lowest BCUT2D eigenvalue weighted by Crippen LogP contribution is -2.41. The summed E-state index contributed by atoms with van der Waals surface area (Å²) in [5, 5.41) is 1.05. The van der Waals surface area contributed by atoms with Crippen molar-refractivity contribution in [1.29, 1.82) is 0 Å². The minimum absolute atomic E-state index is 0.122. The Kier molecular flexibility index (Phi) is 5.66. The van der Waals surface area contributed by atoms with Gasteiger partial charge in [-0.1, -0.05) is 19.1 Å². The van der Waals surface area contributed by atoms with E-state index in [1.54, 1.807) is 7.11 Å². The van der Waals surface area contributed by atoms with Gasteiger partial charge in [0, 0.05) is 27.6 Å². The van der Waals surface area contributed by atoms with Gasteiger partial charge in [0.25, 0.3) is 0 Å². The van der Waals surface area contributed by atoms with E-state index in [1.807, 2.05) is 23.5 Å². The van der Waals surface area contributed by atoms with Gasteiger partial charge in [0.05, 0.1) is 13.2 Å². The van der Waals surface area contributed by atoms with Crippen molar-refractivity contribution < 1.29 is 4.74 Å². The van der Waals surface area contributed by atoms with Crippen LogP contribution in [0.2, 0.25) is 0 Å². The predicted molar refractivity (Wildman–Crippen MR) is 90.7 cm³/mol. The summed E-state index contributed by atoms with van der Waals surface area (Å²) in [5.74, 6) is 9.26. The molecule has 5 heteroatoms. The number of nitrogens with two attached hydrogens (primary N) is 1. The molecule has 20 heavy (non-hydrogen) atoms. The first-order valence-corrected chi connectivity index (χ1v) is 9.03. The minimum atomic E-state index is 0.122. The molecule has 3 unspecified atom stereocenters. The number of rotatable bonds is 4. The van der Waals surface area contributed by atoms with Crippen LogP contribution in [0.3, 0.4) is 0 Å². The Hall–Kier alpha value is -0.360. The van der Waals surface area contributed by atoms with Gasteiger partial charge < -0.3 is 4.74 Å². The fraction of sp³-hybridized carbons (Fsp3) is 0.600. The summed E-state index contributed by atoms with van der Waals surface area (Å²) < 4.78 is 5.65. The first kappa shape index (κ1) is 16.0. The maximum Gasteiger partial charge on any atom is 0.126 e. The quantitative estimate of drug-likeness (QED) is 0.661. The number of ether oxygens (including phenoxy) is 1. The van der Waals surface area contributed by atoms with Gasteiger partial charge in [-0.25, -0.2) is 0 Å². The zero-order valence-corrected chi connectivity index (χ0v) is 14.2. The molecule has 1 aliphatic heterocycles. The van der Waals surface area contributed by atoms with Crippen LogP contribution in [-0.2, 0) is 0 Å². The van der Waals surface area contributed by atoms with E-state index in [1.165, 1.54) is 28.2 Å². The molecule has 1 aliphatic rings. The molecule has 1 aromatic carbocycles. The van der Waals surface area contributed by atoms with Crippen molar-refractivity contribution in [1.82, 2.24) is 5.43 Å². The minimum Gasteiger partial charge on any atom is -0.496 e. The monoisotopic (exact) mass is 312 g/mol. The fourth-order valence-electron chi connectivity index (χ4n) is 2.70. The molecule has 0 spiro atoms. The van der Waals surface area contributed by atoms with Crippen LogP contribution in [-0.4, -0.2) is 29.1 Å². The van der Waals surface area contributed by atoms with Gasteiger partial charge in [-0.2, -0.15) is 23.5 Å². The molecule has 0 aliphatic carbocycles. The molecule has 1 aromatic rings. The average Bonchev–Trinajstić information content (AvgIpc) is 2.45. The Morgan fingerprint density at radius 3 is 2.60 bits per heavy atom. The average molecular weight is 313 g/mol. The first-order valence-electron chi connectivity index (χ1n) is 6.93. The Balaban J connectivity index is 2.38. The zero-order valence-electron chi connectivity index (χ0n) is 12.6. The highest BCUT2D eigenvalue weighted by Gasteiger charge is 2.32. The van der Waals surface area contributed by atoms with E-state index in [0.717, 1.165) is 5.75 Å². The second-order valence-corrected chi connectivity index (χ2v) is 7.96. The summed E-state index contributed by atoms with van der Waals surface area (Å²) >= 11 is 4.04. The lowest BCUT2D eigenvalue weighted by Gasteiger charge is -2.35. The molecule has 3 nitrogen and oxygen atoms in total. The number of hydrogen-bond donors (Lipinski definition) is 2. The van der Waals surface area contributed by atoms with Gasteiger partial charge in [0.15, 0.2) is 0 Å². The van der Waals surface area contributed by atoms with E-state index in [4.69, 9.17) is 10.6 Å². The van der Waals surface area contributed by atoms with E-state index in [0.29, 0.717) is 10.5 Å². The normalized spacial score (nSPS) is 24.4. The van der Waals surface area contributed by atoms with Crippen molar-refractivity contribution in [2.24, 2.45) is 5.84 Å². The fourth-order valence-corrected chi connectivity index (χ4v) is 5.62. The summed E-state index contributed by atoms with van der Waals surface area (Å²) in [7, 11) is 1.74. The molecule has 1 fully saturated rings. The topological polar surface area (TPSA) is 47.3 Å². The lowest BCUT2D eigenvalue weighted by molar-refractivity contribution is 0.394. The van der Waals surface area contributed by atoms with Gasteiger partial charge in [-0.15, -0.1) is 0 Å². The van der Waals surface area contributed by atoms with Crippen LogP contribution < -0.4 is 16.0 Å². The van der Waals surface area contributed by atoms with Gasteiger partial charge in [0.2, 0.25) is 0 Å². The van der Waals surface area contributed by atoms with Crippen molar-refractivity contribution in [2.75, 3.05) is 18.6 Å². The molecule has 3 N–H and O–H groups in total. The molecule has 0 saturated carbocycles. The van der Waals surface area contributed by atoms with Crippen LogP contribution >= 0.6 is 23.5 Å². The molecule has 112 valence electrons. The van der Waals surface area contributed by atoms with Crippen molar-refractivity contribution >= 4 is 23.5 Å². The van der Waals surface area contributed by atoms with Crippen LogP contribution in [0.5, 0.6) is 5.75 Å². The van der Waals surface area contributed by atoms with Crippen molar-refractivity contribution in [3.63, 3.8) is 0 Å². The Bertz CT molecular complexity index is 467. The summed E-state index contributed by atoms with van der Waals surface area (Å²) in [5.41, 5.74) is 6.65. The molecular weight excluding hydrogens is 288 g/mol. The van der Waals surface area contributed by atoms with Crippen LogP contribution in [0.1, 0.15) is 29.7 Å². The molecule has 0 bridgehead atoms. The molecule has 3 atom stereocenters. The maximum absolute atomic E-state index is 5.88. The van der Waals surface area contributed by atoms with Gasteiger partial charge >= 0.3 is 0 Å². The van der Waals surface area contributed by atoms with Crippen molar-refractivity contribution in [3.05, 3.63) is 28.8 Å². The van der Waals surface area contributed by atoms with E-state index < -0.39 is 0 Å². The van der Waals surface area contributed by atoms with Gasteiger partial charge in [0.1, 0.15) is 5.75 Å². The van der Waals surface area contributed by atoms with Crippen LogP contribution in [0.15, 0.2) is 12.1 Å². The van der Waals surface area contributed by atoms with Gasteiger partial charge in [-0.05, 0) is 25.0 Å². The van der Waals surface area contributed by atoms with Crippen LogP contribution in [0, 0.1) is 13.8 Å². The zero-order chi connectivity index (χ0) is 14.7. The summed E-state index contributed by atoms with van der Waals surface area (Å²) in [6.45, 7) is 6.51. The van der Waals surface area contributed by atoms with Crippen molar-refractivity contribution in [2.45, 2.75) is 37.3 Å². The molecule has 1 heterocycles. The number of benzene rings is 1. The molecule has 0 radical (unpaired) electrons. The second-order valence-electron chi connectivity index (χ2n) is 5.19. The van der Waals surface area contributed by atoms with Crippen LogP contribution in [0.25, 0.3) is 0 Å². The summed E-state index contributed by atoms with van der Waals surface area (Å²) in [6.07, 6.45) is 0. The number of methoxy groups -OCH3 is 1. The first-order chi connectivity index (χ1) is 9.60. The highest BCUT2D eigenvalue weighted by molar-refractivity contribution is 8.07. The molecule has 0 amide bonds. The van der Waals surface area contributed by atoms with E-state index in [-0.39, 0.29) is 6.04 Å². The van der Waals surface area contributed by atoms with Crippen LogP contribution in [0.4, 0.5) is 0 Å². The smallest absolute Gasteiger partial charge is 0.126 e. The van der Waals surface area contributed by atoms with E-state index in [9.17, 15) is 0 Å². The Labute approximate surface area is 130 Å². The number of hydrazine groups is 1. The Morgan fingerprint density at radius 2 is 2.00 bits per heavy atom. The summed E-state index contributed by atoms with van der Waals surface area (Å²) in [6, 6.07) is 4.43. The standard InChI is InChI=1S/C15H24N2OS2/c1-9-5-6-12(14(18-4)10(9)2)13(17-16)15-11(3)19-7-8-20-15/h5-6,11,13,15,17H,7-8,16H2,1-4H3. The SMILES string of the molecule is COc1c(C(NN)C2SCCSC2C)ccc(C)c1C.